The average Bonchev–Trinajstić information content (AvgIpc) is 2.75. The summed E-state index contributed by atoms with van der Waals surface area (Å²) in [6.07, 6.45) is -0.237. The molecule has 2 aromatic carbocycles. The van der Waals surface area contributed by atoms with Gasteiger partial charge in [0.15, 0.2) is 6.61 Å². The van der Waals surface area contributed by atoms with Crippen LogP contribution in [0, 0.1) is 39.0 Å². The van der Waals surface area contributed by atoms with Crippen LogP contribution >= 0.6 is 0 Å². The molecule has 9 heteroatoms. The van der Waals surface area contributed by atoms with Gasteiger partial charge in [0.25, 0.3) is 5.91 Å². The summed E-state index contributed by atoms with van der Waals surface area (Å²) >= 11 is 0. The summed E-state index contributed by atoms with van der Waals surface area (Å²) in [6.45, 7) is 6.29. The monoisotopic (exact) mass is 457 g/mol. The van der Waals surface area contributed by atoms with Crippen LogP contribution in [0.3, 0.4) is 0 Å². The number of amides is 1. The molecule has 1 amide bonds. The number of aryl methyl sites for hydroxylation is 2. The normalized spacial score (nSPS) is 11.0. The summed E-state index contributed by atoms with van der Waals surface area (Å²) in [4.78, 5) is 25.8. The molecule has 0 heterocycles. The van der Waals surface area contributed by atoms with E-state index in [0.29, 0.717) is 16.8 Å². The quantitative estimate of drug-likeness (QED) is 0.457. The number of anilines is 1. The lowest BCUT2D eigenvalue weighted by Gasteiger charge is -2.19. The number of benzene rings is 2. The number of nitrogens with one attached hydrogen (secondary N) is 1. The molecule has 0 aliphatic carbocycles. The van der Waals surface area contributed by atoms with Crippen LogP contribution in [0.25, 0.3) is 0 Å². The molecule has 0 spiro atoms. The van der Waals surface area contributed by atoms with Crippen LogP contribution in [0.15, 0.2) is 41.3 Å². The third-order valence-corrected chi connectivity index (χ3v) is 6.88. The van der Waals surface area contributed by atoms with E-state index < -0.39 is 28.5 Å². The minimum absolute atomic E-state index is 0.165. The maximum Gasteiger partial charge on any atom is 0.307 e. The van der Waals surface area contributed by atoms with Gasteiger partial charge < -0.3 is 4.74 Å². The van der Waals surface area contributed by atoms with E-state index >= 15 is 0 Å². The zero-order chi connectivity index (χ0) is 23.9. The van der Waals surface area contributed by atoms with Crippen molar-refractivity contribution < 1.29 is 22.7 Å². The second-order valence-electron chi connectivity index (χ2n) is 7.37. The van der Waals surface area contributed by atoms with Gasteiger partial charge in [-0.15, -0.1) is 0 Å². The van der Waals surface area contributed by atoms with Crippen LogP contribution in [0.1, 0.15) is 28.7 Å². The van der Waals surface area contributed by atoms with E-state index in [1.54, 1.807) is 44.2 Å². The Hall–Kier alpha value is -3.22. The predicted octanol–water partition coefficient (Wildman–Crippen LogP) is 2.69. The third-order valence-electron chi connectivity index (χ3n) is 5.14. The molecule has 1 N–H and O–H groups in total. The minimum atomic E-state index is -3.82. The molecule has 2 aromatic rings. The number of rotatable bonds is 9. The molecule has 2 rings (SSSR count). The Morgan fingerprint density at radius 2 is 1.66 bits per heavy atom. The first kappa shape index (κ1) is 25.0. The number of esters is 1. The van der Waals surface area contributed by atoms with Crippen LogP contribution in [-0.4, -0.2) is 40.0 Å². The molecule has 8 nitrogen and oxygen atoms in total. The number of hydrogen-bond donors (Lipinski definition) is 1. The lowest BCUT2D eigenvalue weighted by atomic mass is 10.0. The summed E-state index contributed by atoms with van der Waals surface area (Å²) in [7, 11) is -3.82. The van der Waals surface area contributed by atoms with E-state index in [1.807, 2.05) is 26.0 Å². The van der Waals surface area contributed by atoms with Gasteiger partial charge in [-0.3, -0.25) is 14.5 Å². The van der Waals surface area contributed by atoms with Crippen molar-refractivity contribution >= 4 is 27.6 Å². The molecule has 0 bridgehead atoms. The standard InChI is InChI=1S/C23H27N3O5S/c1-16-14-17(2)19(4)23(18(16)3)32(29,30)25-12-10-22(28)31-15-21(27)26(13-11-24)20-8-6-5-7-9-20/h5-9,14,25H,10,12-13,15H2,1-4H3. The number of carbonyl (C=O) groups excluding carboxylic acids is 2. The van der Waals surface area contributed by atoms with Crippen molar-refractivity contribution in [2.75, 3.05) is 24.6 Å². The first-order valence-electron chi connectivity index (χ1n) is 10.0. The molecule has 170 valence electrons. The SMILES string of the molecule is Cc1cc(C)c(C)c(S(=O)(=O)NCCC(=O)OCC(=O)N(CC#N)c2ccccc2)c1C. The number of sulfonamides is 1. The summed E-state index contributed by atoms with van der Waals surface area (Å²) < 4.78 is 33.0. The number of nitriles is 1. The summed E-state index contributed by atoms with van der Waals surface area (Å²) in [5, 5.41) is 8.97. The largest absolute Gasteiger partial charge is 0.456 e. The van der Waals surface area contributed by atoms with Gasteiger partial charge in [0.1, 0.15) is 6.54 Å². The molecule has 0 aliphatic heterocycles. The summed E-state index contributed by atoms with van der Waals surface area (Å²) in [6, 6.07) is 12.4. The molecular weight excluding hydrogens is 430 g/mol. The lowest BCUT2D eigenvalue weighted by molar-refractivity contribution is -0.147. The Morgan fingerprint density at radius 1 is 1.06 bits per heavy atom. The van der Waals surface area contributed by atoms with Gasteiger partial charge in [0, 0.05) is 12.2 Å². The van der Waals surface area contributed by atoms with E-state index in [0.717, 1.165) is 11.1 Å². The number of nitrogens with zero attached hydrogens (tertiary/aromatic N) is 2. The van der Waals surface area contributed by atoms with Gasteiger partial charge in [0.2, 0.25) is 10.0 Å². The van der Waals surface area contributed by atoms with Crippen LogP contribution < -0.4 is 9.62 Å². The Bertz CT molecular complexity index is 1110. The highest BCUT2D eigenvalue weighted by atomic mass is 32.2. The smallest absolute Gasteiger partial charge is 0.307 e. The molecule has 0 fully saturated rings. The molecule has 0 aliphatic rings. The van der Waals surface area contributed by atoms with Gasteiger partial charge in [-0.1, -0.05) is 24.3 Å². The van der Waals surface area contributed by atoms with Crippen molar-refractivity contribution in [2.24, 2.45) is 0 Å². The maximum atomic E-state index is 12.8. The van der Waals surface area contributed by atoms with E-state index in [1.165, 1.54) is 4.90 Å². The van der Waals surface area contributed by atoms with Gasteiger partial charge in [-0.05, 0) is 62.1 Å². The Kier molecular flexibility index (Phi) is 8.52. The van der Waals surface area contributed by atoms with Gasteiger partial charge in [-0.25, -0.2) is 13.1 Å². The van der Waals surface area contributed by atoms with Crippen LogP contribution in [0.2, 0.25) is 0 Å². The van der Waals surface area contributed by atoms with Gasteiger partial charge >= 0.3 is 5.97 Å². The number of ether oxygens (including phenoxy) is 1. The summed E-state index contributed by atoms with van der Waals surface area (Å²) in [5.74, 6) is -1.27. The zero-order valence-corrected chi connectivity index (χ0v) is 19.5. The maximum absolute atomic E-state index is 12.8. The van der Waals surface area contributed by atoms with Crippen LogP contribution in [-0.2, 0) is 24.3 Å². The molecule has 0 saturated carbocycles. The highest BCUT2D eigenvalue weighted by Crippen LogP contribution is 2.25. The molecule has 0 saturated heterocycles. The topological polar surface area (TPSA) is 117 Å². The first-order chi connectivity index (χ1) is 15.1. The van der Waals surface area contributed by atoms with Crippen molar-refractivity contribution in [3.8, 4) is 6.07 Å². The van der Waals surface area contributed by atoms with Crippen molar-refractivity contribution in [2.45, 2.75) is 39.0 Å². The molecule has 0 atom stereocenters. The predicted molar refractivity (Wildman–Crippen MR) is 121 cm³/mol. The first-order valence-corrected chi connectivity index (χ1v) is 11.5. The molecule has 0 aromatic heterocycles. The molecular formula is C23H27N3O5S. The van der Waals surface area contributed by atoms with Crippen LogP contribution in [0.4, 0.5) is 5.69 Å². The van der Waals surface area contributed by atoms with Gasteiger partial charge in [-0.2, -0.15) is 5.26 Å². The fraction of sp³-hybridized carbons (Fsp3) is 0.348. The fourth-order valence-electron chi connectivity index (χ4n) is 3.24. The fourth-order valence-corrected chi connectivity index (χ4v) is 4.88. The number of para-hydroxylation sites is 1. The number of hydrogen-bond acceptors (Lipinski definition) is 6. The second-order valence-corrected chi connectivity index (χ2v) is 9.08. The van der Waals surface area contributed by atoms with Crippen molar-refractivity contribution in [3.05, 3.63) is 58.7 Å². The highest BCUT2D eigenvalue weighted by Gasteiger charge is 2.22. The van der Waals surface area contributed by atoms with Gasteiger partial charge in [0.05, 0.1) is 17.4 Å². The van der Waals surface area contributed by atoms with Crippen molar-refractivity contribution in [1.29, 1.82) is 5.26 Å². The van der Waals surface area contributed by atoms with E-state index in [-0.39, 0.29) is 24.4 Å². The lowest BCUT2D eigenvalue weighted by Crippen LogP contribution is -2.35. The second kappa shape index (κ2) is 10.9. The summed E-state index contributed by atoms with van der Waals surface area (Å²) in [5.41, 5.74) is 3.57. The average molecular weight is 458 g/mol. The zero-order valence-electron chi connectivity index (χ0n) is 18.6. The number of carbonyl (C=O) groups is 2. The highest BCUT2D eigenvalue weighted by molar-refractivity contribution is 7.89. The third kappa shape index (κ3) is 6.15. The molecule has 32 heavy (non-hydrogen) atoms. The Labute approximate surface area is 188 Å². The Morgan fingerprint density at radius 3 is 2.22 bits per heavy atom. The van der Waals surface area contributed by atoms with Crippen molar-refractivity contribution in [3.63, 3.8) is 0 Å². The van der Waals surface area contributed by atoms with E-state index in [9.17, 15) is 18.0 Å². The van der Waals surface area contributed by atoms with Crippen LogP contribution in [0.5, 0.6) is 0 Å². The molecule has 0 unspecified atom stereocenters. The van der Waals surface area contributed by atoms with E-state index in [2.05, 4.69) is 4.72 Å². The minimum Gasteiger partial charge on any atom is -0.456 e. The van der Waals surface area contributed by atoms with E-state index in [4.69, 9.17) is 10.00 Å². The van der Waals surface area contributed by atoms with Crippen molar-refractivity contribution in [1.82, 2.24) is 4.72 Å². The Balaban J connectivity index is 1.94. The molecule has 0 radical (unpaired) electrons.